The fourth-order valence-electron chi connectivity index (χ4n) is 2.56. The van der Waals surface area contributed by atoms with Crippen molar-refractivity contribution in [2.24, 2.45) is 0 Å². The molecule has 0 radical (unpaired) electrons. The smallest absolute Gasteiger partial charge is 0.00704 e. The van der Waals surface area contributed by atoms with Crippen molar-refractivity contribution in [2.45, 2.75) is 83.1 Å². The molecule has 2 rings (SSSR count). The van der Waals surface area contributed by atoms with Gasteiger partial charge in [-0.15, -0.1) is 0 Å². The van der Waals surface area contributed by atoms with E-state index in [1.165, 1.54) is 33.4 Å². The third kappa shape index (κ3) is 8.04. The molecule has 0 N–H and O–H groups in total. The second-order valence-electron chi connectivity index (χ2n) is 4.25. The van der Waals surface area contributed by atoms with Gasteiger partial charge in [0.1, 0.15) is 0 Å². The standard InChI is InChI=1S/C17H18.4C2H6.CH4/c1-5-9-16-14(7-3)12(4)15-11-8-10-13(6-2)17(15)16;4*1-2;/h5,7-11H,1,3,6H2,2,4H3;4*1-2H3;1H4/b16-9-;;;;;. The highest BCUT2D eigenvalue weighted by Crippen LogP contribution is 2.43. The van der Waals surface area contributed by atoms with Crippen LogP contribution in [0.4, 0.5) is 0 Å². The Bertz CT molecular complexity index is 539. The van der Waals surface area contributed by atoms with Gasteiger partial charge in [0, 0.05) is 0 Å². The van der Waals surface area contributed by atoms with Gasteiger partial charge in [-0.3, -0.25) is 0 Å². The lowest BCUT2D eigenvalue weighted by atomic mass is 9.95. The normalized spacial score (nSPS) is 11.5. The van der Waals surface area contributed by atoms with Gasteiger partial charge in [0.25, 0.3) is 0 Å². The number of hydrogen-bond acceptors (Lipinski definition) is 0. The van der Waals surface area contributed by atoms with E-state index in [4.69, 9.17) is 0 Å². The Kier molecular flexibility index (Phi) is 26.0. The van der Waals surface area contributed by atoms with Crippen LogP contribution in [0.25, 0.3) is 11.1 Å². The first-order valence-electron chi connectivity index (χ1n) is 10.0. The molecule has 0 saturated carbocycles. The van der Waals surface area contributed by atoms with Crippen LogP contribution in [0.2, 0.25) is 0 Å². The molecule has 0 aromatic heterocycles. The van der Waals surface area contributed by atoms with Crippen molar-refractivity contribution < 1.29 is 0 Å². The van der Waals surface area contributed by atoms with E-state index in [0.29, 0.717) is 0 Å². The molecule has 0 heteroatoms. The lowest BCUT2D eigenvalue weighted by Gasteiger charge is -2.09. The van der Waals surface area contributed by atoms with E-state index in [1.54, 1.807) is 0 Å². The third-order valence-corrected chi connectivity index (χ3v) is 3.39. The molecule has 0 nitrogen and oxygen atoms in total. The first kappa shape index (κ1) is 31.9. The van der Waals surface area contributed by atoms with Gasteiger partial charge in [0.15, 0.2) is 0 Å². The number of aryl methyl sites for hydroxylation is 1. The number of allylic oxidation sites excluding steroid dienone is 6. The number of fused-ring (bicyclic) bond motifs is 1. The van der Waals surface area contributed by atoms with Crippen molar-refractivity contribution in [3.8, 4) is 0 Å². The van der Waals surface area contributed by atoms with Crippen LogP contribution >= 0.6 is 0 Å². The topological polar surface area (TPSA) is 0 Å². The Labute approximate surface area is 166 Å². The minimum Gasteiger partial charge on any atom is -0.0990 e. The molecular formula is C26H46. The highest BCUT2D eigenvalue weighted by molar-refractivity contribution is 6.02. The van der Waals surface area contributed by atoms with Gasteiger partial charge in [0.05, 0.1) is 0 Å². The molecule has 26 heavy (non-hydrogen) atoms. The molecule has 0 unspecified atom stereocenters. The minimum atomic E-state index is 0. The van der Waals surface area contributed by atoms with Crippen molar-refractivity contribution in [2.75, 3.05) is 0 Å². The summed E-state index contributed by atoms with van der Waals surface area (Å²) >= 11 is 0. The van der Waals surface area contributed by atoms with Crippen LogP contribution in [-0.2, 0) is 6.42 Å². The maximum absolute atomic E-state index is 3.93. The Morgan fingerprint density at radius 2 is 1.38 bits per heavy atom. The van der Waals surface area contributed by atoms with Gasteiger partial charge < -0.3 is 0 Å². The zero-order valence-corrected chi connectivity index (χ0v) is 18.6. The zero-order chi connectivity index (χ0) is 20.4. The van der Waals surface area contributed by atoms with Crippen LogP contribution in [0.15, 0.2) is 55.2 Å². The van der Waals surface area contributed by atoms with E-state index in [2.05, 4.69) is 51.3 Å². The Morgan fingerprint density at radius 1 is 0.885 bits per heavy atom. The van der Waals surface area contributed by atoms with Gasteiger partial charge >= 0.3 is 0 Å². The summed E-state index contributed by atoms with van der Waals surface area (Å²) in [6, 6.07) is 6.53. The largest absolute Gasteiger partial charge is 0.0990 e. The SMILES string of the molecule is C.C=C/C=C1/C(C=C)=C(C)c2cccc(CC)c21.CC.CC.CC.CC. The van der Waals surface area contributed by atoms with Gasteiger partial charge in [-0.2, -0.15) is 0 Å². The van der Waals surface area contributed by atoms with E-state index in [1.807, 2.05) is 67.5 Å². The molecule has 1 aliphatic carbocycles. The lowest BCUT2D eigenvalue weighted by Crippen LogP contribution is -1.92. The Morgan fingerprint density at radius 3 is 1.77 bits per heavy atom. The van der Waals surface area contributed by atoms with Crippen molar-refractivity contribution in [3.63, 3.8) is 0 Å². The minimum absolute atomic E-state index is 0. The molecule has 1 aromatic rings. The second kappa shape index (κ2) is 21.2. The van der Waals surface area contributed by atoms with E-state index in [-0.39, 0.29) is 7.43 Å². The molecule has 0 heterocycles. The molecule has 0 amide bonds. The molecule has 0 bridgehead atoms. The fraction of sp³-hybridized carbons (Fsp3) is 0.462. The number of benzene rings is 1. The average Bonchev–Trinajstić information content (AvgIpc) is 3.00. The summed E-state index contributed by atoms with van der Waals surface area (Å²) in [7, 11) is 0. The van der Waals surface area contributed by atoms with E-state index in [0.717, 1.165) is 6.42 Å². The molecule has 1 aromatic carbocycles. The summed E-state index contributed by atoms with van der Waals surface area (Å²) < 4.78 is 0. The van der Waals surface area contributed by atoms with Crippen LogP contribution in [0.3, 0.4) is 0 Å². The van der Waals surface area contributed by atoms with Crippen LogP contribution in [0.5, 0.6) is 0 Å². The molecule has 0 aliphatic heterocycles. The molecule has 0 atom stereocenters. The van der Waals surface area contributed by atoms with Crippen molar-refractivity contribution >= 4 is 11.1 Å². The summed E-state index contributed by atoms with van der Waals surface area (Å²) in [6.07, 6.45) is 6.94. The van der Waals surface area contributed by atoms with Gasteiger partial charge in [-0.1, -0.05) is 119 Å². The molecular weight excluding hydrogens is 312 g/mol. The molecule has 0 fully saturated rings. The number of rotatable bonds is 3. The van der Waals surface area contributed by atoms with Crippen LogP contribution in [0.1, 0.15) is 93.4 Å². The maximum Gasteiger partial charge on any atom is -0.00704 e. The Balaban J connectivity index is -0.000000238. The second-order valence-corrected chi connectivity index (χ2v) is 4.25. The summed E-state index contributed by atoms with van der Waals surface area (Å²) in [5.74, 6) is 0. The zero-order valence-electron chi connectivity index (χ0n) is 18.6. The average molecular weight is 359 g/mol. The summed E-state index contributed by atoms with van der Waals surface area (Å²) in [4.78, 5) is 0. The van der Waals surface area contributed by atoms with Crippen LogP contribution in [0, 0.1) is 0 Å². The van der Waals surface area contributed by atoms with Crippen molar-refractivity contribution in [1.29, 1.82) is 0 Å². The van der Waals surface area contributed by atoms with Gasteiger partial charge in [-0.05, 0) is 46.8 Å². The summed E-state index contributed by atoms with van der Waals surface area (Å²) in [5.41, 5.74) is 7.92. The molecule has 0 saturated heterocycles. The molecule has 150 valence electrons. The molecule has 0 spiro atoms. The lowest BCUT2D eigenvalue weighted by molar-refractivity contribution is 1.13. The Hall–Kier alpha value is -1.82. The van der Waals surface area contributed by atoms with Crippen molar-refractivity contribution in [3.05, 3.63) is 71.8 Å². The van der Waals surface area contributed by atoms with Crippen molar-refractivity contribution in [1.82, 2.24) is 0 Å². The van der Waals surface area contributed by atoms with Gasteiger partial charge in [-0.25, -0.2) is 0 Å². The highest BCUT2D eigenvalue weighted by atomic mass is 14.3. The quantitative estimate of drug-likeness (QED) is 0.504. The predicted molar refractivity (Wildman–Crippen MR) is 129 cm³/mol. The third-order valence-electron chi connectivity index (χ3n) is 3.39. The van der Waals surface area contributed by atoms with Gasteiger partial charge in [0.2, 0.25) is 0 Å². The van der Waals surface area contributed by atoms with Crippen LogP contribution in [-0.4, -0.2) is 0 Å². The first-order valence-corrected chi connectivity index (χ1v) is 10.0. The highest BCUT2D eigenvalue weighted by Gasteiger charge is 2.23. The summed E-state index contributed by atoms with van der Waals surface area (Å²) in [6.45, 7) is 28.1. The van der Waals surface area contributed by atoms with E-state index < -0.39 is 0 Å². The predicted octanol–water partition coefficient (Wildman–Crippen LogP) is 9.53. The number of hydrogen-bond donors (Lipinski definition) is 0. The molecule has 1 aliphatic rings. The first-order chi connectivity index (χ1) is 12.2. The summed E-state index contributed by atoms with van der Waals surface area (Å²) in [5, 5.41) is 0. The van der Waals surface area contributed by atoms with Crippen LogP contribution < -0.4 is 0 Å². The van der Waals surface area contributed by atoms with E-state index in [9.17, 15) is 0 Å². The fourth-order valence-corrected chi connectivity index (χ4v) is 2.56. The monoisotopic (exact) mass is 358 g/mol. The van der Waals surface area contributed by atoms with E-state index >= 15 is 0 Å². The maximum atomic E-state index is 3.93.